The highest BCUT2D eigenvalue weighted by Crippen LogP contribution is 2.35. The summed E-state index contributed by atoms with van der Waals surface area (Å²) >= 11 is 1.33. The SMILES string of the molecule is CN(C)Cc1ccc2n(c1=O)C[C@H]1C[C@@H]2CN(C(=O)c2cc(=O)nc3sccn23)C1. The van der Waals surface area contributed by atoms with Crippen molar-refractivity contribution in [3.8, 4) is 0 Å². The molecule has 0 unspecified atom stereocenters. The number of hydrogen-bond acceptors (Lipinski definition) is 6. The molecule has 156 valence electrons. The molecular weight excluding hydrogens is 402 g/mol. The fraction of sp³-hybridized carbons (Fsp3) is 0.429. The zero-order valence-electron chi connectivity index (χ0n) is 16.9. The Labute approximate surface area is 177 Å². The number of aromatic nitrogens is 3. The molecule has 1 fully saturated rings. The second-order valence-electron chi connectivity index (χ2n) is 8.48. The zero-order chi connectivity index (χ0) is 21.0. The first kappa shape index (κ1) is 19.2. The molecule has 2 atom stereocenters. The molecule has 0 N–H and O–H groups in total. The van der Waals surface area contributed by atoms with Crippen molar-refractivity contribution < 1.29 is 4.79 Å². The maximum Gasteiger partial charge on any atom is 0.274 e. The quantitative estimate of drug-likeness (QED) is 0.631. The van der Waals surface area contributed by atoms with Crippen LogP contribution < -0.4 is 11.1 Å². The van der Waals surface area contributed by atoms with Crippen molar-refractivity contribution >= 4 is 22.2 Å². The summed E-state index contributed by atoms with van der Waals surface area (Å²) in [5.41, 5.74) is 1.83. The van der Waals surface area contributed by atoms with Gasteiger partial charge in [-0.15, -0.1) is 11.3 Å². The maximum absolute atomic E-state index is 13.3. The predicted molar refractivity (Wildman–Crippen MR) is 114 cm³/mol. The van der Waals surface area contributed by atoms with Crippen molar-refractivity contribution in [2.45, 2.75) is 25.4 Å². The van der Waals surface area contributed by atoms with Crippen molar-refractivity contribution in [2.75, 3.05) is 27.2 Å². The third-order valence-corrected chi connectivity index (χ3v) is 6.75. The summed E-state index contributed by atoms with van der Waals surface area (Å²) in [7, 11) is 3.91. The molecule has 0 saturated carbocycles. The summed E-state index contributed by atoms with van der Waals surface area (Å²) in [6, 6.07) is 5.29. The van der Waals surface area contributed by atoms with Crippen molar-refractivity contribution in [2.24, 2.45) is 5.92 Å². The van der Waals surface area contributed by atoms with Crippen LogP contribution in [0.25, 0.3) is 4.96 Å². The van der Waals surface area contributed by atoms with E-state index in [1.54, 1.807) is 10.6 Å². The summed E-state index contributed by atoms with van der Waals surface area (Å²) in [5.74, 6) is 0.195. The summed E-state index contributed by atoms with van der Waals surface area (Å²) in [4.78, 5) is 46.6. The van der Waals surface area contributed by atoms with Crippen LogP contribution in [0.1, 0.15) is 34.1 Å². The molecule has 8 nitrogen and oxygen atoms in total. The number of fused-ring (bicyclic) bond motifs is 5. The molecule has 3 aromatic heterocycles. The number of amides is 1. The number of piperidine rings is 1. The molecule has 0 aromatic carbocycles. The normalized spacial score (nSPS) is 20.6. The van der Waals surface area contributed by atoms with Gasteiger partial charge in [-0.1, -0.05) is 6.07 Å². The fourth-order valence-corrected chi connectivity index (χ4v) is 5.51. The molecular formula is C21H23N5O3S. The molecule has 1 amide bonds. The Kier molecular flexibility index (Phi) is 4.59. The lowest BCUT2D eigenvalue weighted by molar-refractivity contribution is 0.0586. The van der Waals surface area contributed by atoms with Gasteiger partial charge in [0.1, 0.15) is 5.69 Å². The molecule has 2 bridgehead atoms. The van der Waals surface area contributed by atoms with Gasteiger partial charge in [0.15, 0.2) is 4.96 Å². The second kappa shape index (κ2) is 7.17. The lowest BCUT2D eigenvalue weighted by Crippen LogP contribution is -2.50. The van der Waals surface area contributed by atoms with E-state index < -0.39 is 5.56 Å². The van der Waals surface area contributed by atoms with Crippen LogP contribution in [0.4, 0.5) is 0 Å². The van der Waals surface area contributed by atoms with Crippen LogP contribution >= 0.6 is 11.3 Å². The van der Waals surface area contributed by atoms with Gasteiger partial charge in [-0.05, 0) is 32.5 Å². The number of nitrogens with zero attached hydrogens (tertiary/aromatic N) is 5. The highest BCUT2D eigenvalue weighted by molar-refractivity contribution is 7.15. The van der Waals surface area contributed by atoms with Crippen LogP contribution in [0.2, 0.25) is 0 Å². The first-order valence-corrected chi connectivity index (χ1v) is 10.9. The molecule has 1 saturated heterocycles. The average molecular weight is 426 g/mol. The first-order chi connectivity index (χ1) is 14.4. The first-order valence-electron chi connectivity index (χ1n) is 10.0. The Balaban J connectivity index is 1.47. The van der Waals surface area contributed by atoms with Crippen LogP contribution in [0.5, 0.6) is 0 Å². The minimum absolute atomic E-state index is 0.0799. The minimum atomic E-state index is -0.400. The Morgan fingerprint density at radius 2 is 2.07 bits per heavy atom. The molecule has 3 aromatic rings. The topological polar surface area (TPSA) is 79.9 Å². The van der Waals surface area contributed by atoms with Gasteiger partial charge in [-0.25, -0.2) is 0 Å². The molecule has 0 spiro atoms. The van der Waals surface area contributed by atoms with Crippen LogP contribution in [0.3, 0.4) is 0 Å². The van der Waals surface area contributed by atoms with Crippen molar-refractivity contribution in [1.82, 2.24) is 23.8 Å². The largest absolute Gasteiger partial charge is 0.336 e. The third-order valence-electron chi connectivity index (χ3n) is 5.99. The summed E-state index contributed by atoms with van der Waals surface area (Å²) in [5, 5.41) is 1.82. The van der Waals surface area contributed by atoms with E-state index in [0.717, 1.165) is 17.7 Å². The monoisotopic (exact) mass is 425 g/mol. The van der Waals surface area contributed by atoms with Crippen LogP contribution in [0.15, 0.2) is 39.4 Å². The van der Waals surface area contributed by atoms with Crippen molar-refractivity contribution in [3.05, 3.63) is 67.4 Å². The lowest BCUT2D eigenvalue weighted by atomic mass is 9.83. The van der Waals surface area contributed by atoms with E-state index in [2.05, 4.69) is 4.98 Å². The average Bonchev–Trinajstić information content (AvgIpc) is 3.17. The summed E-state index contributed by atoms with van der Waals surface area (Å²) in [6.07, 6.45) is 2.74. The number of thiazole rings is 1. The summed E-state index contributed by atoms with van der Waals surface area (Å²) < 4.78 is 3.60. The van der Waals surface area contributed by atoms with E-state index in [-0.39, 0.29) is 23.3 Å². The van der Waals surface area contributed by atoms with E-state index >= 15 is 0 Å². The zero-order valence-corrected chi connectivity index (χ0v) is 17.8. The standard InChI is InChI=1S/C21H23N5O3S/c1-23(2)11-14-3-4-16-15-7-13(10-26(16)19(14)28)9-24(12-15)20(29)17-8-18(27)22-21-25(17)5-6-30-21/h3-6,8,13,15H,7,9-12H2,1-2H3/t13-,15+/m0/s1. The van der Waals surface area contributed by atoms with Crippen molar-refractivity contribution in [1.29, 1.82) is 0 Å². The van der Waals surface area contributed by atoms with Gasteiger partial charge in [0.2, 0.25) is 0 Å². The van der Waals surface area contributed by atoms with E-state index in [0.29, 0.717) is 36.8 Å². The number of hydrogen-bond donors (Lipinski definition) is 0. The van der Waals surface area contributed by atoms with Gasteiger partial charge in [0, 0.05) is 61.0 Å². The van der Waals surface area contributed by atoms with Crippen LogP contribution in [0, 0.1) is 5.92 Å². The Bertz CT molecular complexity index is 1260. The van der Waals surface area contributed by atoms with Gasteiger partial charge in [-0.2, -0.15) is 4.98 Å². The van der Waals surface area contributed by atoms with Crippen LogP contribution in [-0.2, 0) is 13.1 Å². The van der Waals surface area contributed by atoms with Gasteiger partial charge in [0.05, 0.1) is 0 Å². The smallest absolute Gasteiger partial charge is 0.274 e. The predicted octanol–water partition coefficient (Wildman–Crippen LogP) is 1.24. The Morgan fingerprint density at radius 3 is 2.87 bits per heavy atom. The van der Waals surface area contributed by atoms with E-state index in [4.69, 9.17) is 0 Å². The highest BCUT2D eigenvalue weighted by atomic mass is 32.1. The second-order valence-corrected chi connectivity index (χ2v) is 9.35. The maximum atomic E-state index is 13.3. The lowest BCUT2D eigenvalue weighted by Gasteiger charge is -2.43. The molecule has 2 aliphatic rings. The molecule has 2 aliphatic heterocycles. The molecule has 0 radical (unpaired) electrons. The number of likely N-dealkylation sites (tertiary alicyclic amines) is 1. The minimum Gasteiger partial charge on any atom is -0.336 e. The molecule has 9 heteroatoms. The highest BCUT2D eigenvalue weighted by Gasteiger charge is 2.37. The fourth-order valence-electron chi connectivity index (χ4n) is 4.79. The number of pyridine rings is 1. The molecule has 5 rings (SSSR count). The number of carbonyl (C=O) groups excluding carboxylic acids is 1. The molecule has 30 heavy (non-hydrogen) atoms. The van der Waals surface area contributed by atoms with E-state index in [1.165, 1.54) is 17.4 Å². The Morgan fingerprint density at radius 1 is 1.23 bits per heavy atom. The van der Waals surface area contributed by atoms with E-state index in [9.17, 15) is 14.4 Å². The molecule has 0 aliphatic carbocycles. The van der Waals surface area contributed by atoms with Gasteiger partial charge < -0.3 is 14.4 Å². The summed E-state index contributed by atoms with van der Waals surface area (Å²) in [6.45, 7) is 2.37. The van der Waals surface area contributed by atoms with Gasteiger partial charge in [0.25, 0.3) is 17.0 Å². The number of rotatable bonds is 3. The molecule has 5 heterocycles. The Hall–Kier alpha value is -2.78. The van der Waals surface area contributed by atoms with Crippen LogP contribution in [-0.4, -0.2) is 56.8 Å². The number of carbonyl (C=O) groups is 1. The van der Waals surface area contributed by atoms with Gasteiger partial charge in [-0.3, -0.25) is 18.8 Å². The van der Waals surface area contributed by atoms with Crippen molar-refractivity contribution in [3.63, 3.8) is 0 Å². The third kappa shape index (κ3) is 3.18. The van der Waals surface area contributed by atoms with Gasteiger partial charge >= 0.3 is 0 Å². The van der Waals surface area contributed by atoms with E-state index in [1.807, 2.05) is 46.0 Å².